The summed E-state index contributed by atoms with van der Waals surface area (Å²) in [4.78, 5) is 29.9. The summed E-state index contributed by atoms with van der Waals surface area (Å²) in [6.07, 6.45) is 3.11. The third-order valence-corrected chi connectivity index (χ3v) is 11.3. The molecule has 0 saturated carbocycles. The Kier molecular flexibility index (Phi) is 9.02. The number of carbonyl (C=O) groups is 1. The molecule has 0 spiro atoms. The average Bonchev–Trinajstić information content (AvgIpc) is 3.66. The first kappa shape index (κ1) is 34.5. The van der Waals surface area contributed by atoms with Crippen molar-refractivity contribution in [2.75, 3.05) is 13.2 Å². The first-order valence-electron chi connectivity index (χ1n) is 17.1. The van der Waals surface area contributed by atoms with E-state index in [9.17, 15) is 4.79 Å². The van der Waals surface area contributed by atoms with Gasteiger partial charge in [-0.05, 0) is 89.7 Å². The van der Waals surface area contributed by atoms with Crippen LogP contribution in [0.2, 0.25) is 25.7 Å². The zero-order valence-corrected chi connectivity index (χ0v) is 31.2. The molecule has 1 amide bonds. The second-order valence-corrected chi connectivity index (χ2v) is 22.0. The van der Waals surface area contributed by atoms with Crippen LogP contribution in [0.25, 0.3) is 33.3 Å². The van der Waals surface area contributed by atoms with Gasteiger partial charge in [-0.25, -0.2) is 19.7 Å². The Bertz CT molecular complexity index is 1810. The van der Waals surface area contributed by atoms with Gasteiger partial charge >= 0.3 is 13.2 Å². The van der Waals surface area contributed by atoms with Crippen molar-refractivity contribution in [3.63, 3.8) is 0 Å². The number of imidazole rings is 1. The van der Waals surface area contributed by atoms with E-state index < -0.39 is 32.0 Å². The number of aromatic nitrogens is 4. The van der Waals surface area contributed by atoms with Crippen LogP contribution in [0, 0.1) is 0 Å². The van der Waals surface area contributed by atoms with Gasteiger partial charge in [-0.2, -0.15) is 0 Å². The molecule has 6 rings (SSSR count). The number of hydrogen-bond acceptors (Lipinski definition) is 8. The Morgan fingerprint density at radius 3 is 2.40 bits per heavy atom. The summed E-state index contributed by atoms with van der Waals surface area (Å²) in [7, 11) is -1.68. The van der Waals surface area contributed by atoms with E-state index in [0.717, 1.165) is 52.2 Å². The SMILES string of the molecule is CC(C)(C)OC(=O)N1CCC[C@H]1c1nc2nc(-c3ccc4cc(B5OC(C)(C)C(C)(C)O5)ccc4c3)cnc2n1COCC[Si](C)(C)C. The minimum Gasteiger partial charge on any atom is -0.444 e. The number of carbonyl (C=O) groups excluding carboxylic acids is 1. The number of fused-ring (bicyclic) bond motifs is 2. The predicted octanol–water partition coefficient (Wildman–Crippen LogP) is 7.33. The lowest BCUT2D eigenvalue weighted by Crippen LogP contribution is -2.41. The van der Waals surface area contributed by atoms with Gasteiger partial charge < -0.3 is 18.8 Å². The molecule has 12 heteroatoms. The minimum atomic E-state index is -1.27. The molecule has 2 aromatic carbocycles. The van der Waals surface area contributed by atoms with E-state index in [2.05, 4.69) is 83.7 Å². The zero-order chi connectivity index (χ0) is 34.6. The molecular weight excluding hydrogens is 621 g/mol. The fourth-order valence-corrected chi connectivity index (χ4v) is 6.85. The normalized spacial score (nSPS) is 19.5. The second kappa shape index (κ2) is 12.5. The van der Waals surface area contributed by atoms with Crippen LogP contribution in [-0.2, 0) is 25.5 Å². The van der Waals surface area contributed by atoms with Crippen LogP contribution in [0.3, 0.4) is 0 Å². The number of nitrogens with zero attached hydrogens (tertiary/aromatic N) is 5. The summed E-state index contributed by atoms with van der Waals surface area (Å²) in [5, 5.41) is 2.17. The molecule has 0 aliphatic carbocycles. The molecule has 0 unspecified atom stereocenters. The van der Waals surface area contributed by atoms with Crippen molar-refractivity contribution in [2.45, 2.75) is 117 Å². The first-order chi connectivity index (χ1) is 22.4. The molecule has 2 aliphatic heterocycles. The van der Waals surface area contributed by atoms with Crippen LogP contribution in [0.15, 0.2) is 42.6 Å². The molecule has 256 valence electrons. The maximum Gasteiger partial charge on any atom is 0.494 e. The van der Waals surface area contributed by atoms with Crippen molar-refractivity contribution in [2.24, 2.45) is 0 Å². The monoisotopic (exact) mass is 671 g/mol. The molecule has 4 aromatic rings. The Balaban J connectivity index is 1.31. The average molecular weight is 672 g/mol. The van der Waals surface area contributed by atoms with Crippen LogP contribution >= 0.6 is 0 Å². The van der Waals surface area contributed by atoms with Gasteiger partial charge in [0.25, 0.3) is 0 Å². The predicted molar refractivity (Wildman–Crippen MR) is 193 cm³/mol. The van der Waals surface area contributed by atoms with Gasteiger partial charge in [0.1, 0.15) is 18.2 Å². The van der Waals surface area contributed by atoms with Gasteiger partial charge in [0, 0.05) is 26.8 Å². The highest BCUT2D eigenvalue weighted by Crippen LogP contribution is 2.37. The van der Waals surface area contributed by atoms with Crippen molar-refractivity contribution >= 4 is 48.8 Å². The van der Waals surface area contributed by atoms with E-state index in [1.54, 1.807) is 11.1 Å². The number of likely N-dealkylation sites (tertiary alicyclic amines) is 1. The third kappa shape index (κ3) is 7.17. The van der Waals surface area contributed by atoms with Crippen LogP contribution < -0.4 is 5.46 Å². The summed E-state index contributed by atoms with van der Waals surface area (Å²) in [6, 6.07) is 13.4. The van der Waals surface area contributed by atoms with E-state index in [4.69, 9.17) is 33.7 Å². The second-order valence-electron chi connectivity index (χ2n) is 16.4. The first-order valence-corrected chi connectivity index (χ1v) is 20.8. The van der Waals surface area contributed by atoms with E-state index in [1.807, 2.05) is 25.3 Å². The van der Waals surface area contributed by atoms with Gasteiger partial charge in [-0.3, -0.25) is 9.47 Å². The van der Waals surface area contributed by atoms with Gasteiger partial charge in [0.05, 0.1) is 29.1 Å². The van der Waals surface area contributed by atoms with Crippen molar-refractivity contribution < 1.29 is 23.6 Å². The van der Waals surface area contributed by atoms with E-state index in [0.29, 0.717) is 31.2 Å². The molecule has 2 saturated heterocycles. The van der Waals surface area contributed by atoms with Crippen LogP contribution in [0.5, 0.6) is 0 Å². The van der Waals surface area contributed by atoms with Gasteiger partial charge in [0.2, 0.25) is 0 Å². The molecule has 2 fully saturated rings. The fraction of sp³-hybridized carbons (Fsp3) is 0.556. The maximum atomic E-state index is 13.2. The molecule has 0 N–H and O–H groups in total. The summed E-state index contributed by atoms with van der Waals surface area (Å²) < 4.78 is 26.5. The van der Waals surface area contributed by atoms with Crippen LogP contribution in [-0.4, -0.2) is 75.7 Å². The van der Waals surface area contributed by atoms with E-state index in [-0.39, 0.29) is 12.1 Å². The molecular formula is C36H50BN5O5Si. The van der Waals surface area contributed by atoms with Crippen molar-refractivity contribution in [1.82, 2.24) is 24.4 Å². The molecule has 10 nitrogen and oxygen atoms in total. The number of benzene rings is 2. The molecule has 0 radical (unpaired) electrons. The van der Waals surface area contributed by atoms with Crippen molar-refractivity contribution in [1.29, 1.82) is 0 Å². The number of rotatable bonds is 8. The third-order valence-electron chi connectivity index (χ3n) is 9.57. The highest BCUT2D eigenvalue weighted by Gasteiger charge is 2.51. The largest absolute Gasteiger partial charge is 0.494 e. The number of hydrogen-bond donors (Lipinski definition) is 0. The van der Waals surface area contributed by atoms with Gasteiger partial charge in [0.15, 0.2) is 11.3 Å². The van der Waals surface area contributed by atoms with E-state index in [1.165, 1.54) is 0 Å². The number of ether oxygens (including phenoxy) is 2. The minimum absolute atomic E-state index is 0.251. The molecule has 1 atom stereocenters. The molecule has 4 heterocycles. The smallest absolute Gasteiger partial charge is 0.444 e. The molecule has 2 aromatic heterocycles. The Labute approximate surface area is 285 Å². The van der Waals surface area contributed by atoms with Crippen molar-refractivity contribution in [3.8, 4) is 11.3 Å². The Morgan fingerprint density at radius 2 is 1.71 bits per heavy atom. The quantitative estimate of drug-likeness (QED) is 0.142. The van der Waals surface area contributed by atoms with Crippen molar-refractivity contribution in [3.05, 3.63) is 48.4 Å². The standard InChI is InChI=1S/C36H50BN5O5Si/c1-34(2,3)45-33(43)41-17-11-12-29(41)31-40-30-32(42(31)23-44-18-19-48(8,9)10)38-22-28(39-30)26-14-13-25-21-27(16-15-24(25)20-26)37-46-35(4,5)36(6,7)47-37/h13-16,20-22,29H,11-12,17-19,23H2,1-10H3/t29-/m0/s1. The van der Waals surface area contributed by atoms with E-state index >= 15 is 0 Å². The summed E-state index contributed by atoms with van der Waals surface area (Å²) in [5.74, 6) is 0.729. The highest BCUT2D eigenvalue weighted by molar-refractivity contribution is 6.76. The maximum absolute atomic E-state index is 13.2. The number of amides is 1. The Morgan fingerprint density at radius 1 is 1.02 bits per heavy atom. The summed E-state index contributed by atoms with van der Waals surface area (Å²) >= 11 is 0. The van der Waals surface area contributed by atoms with Gasteiger partial charge in [-0.15, -0.1) is 0 Å². The summed E-state index contributed by atoms with van der Waals surface area (Å²) in [5.41, 5.74) is 2.46. The molecule has 2 aliphatic rings. The summed E-state index contributed by atoms with van der Waals surface area (Å²) in [6.45, 7) is 22.5. The van der Waals surface area contributed by atoms with Gasteiger partial charge in [-0.1, -0.05) is 50.0 Å². The highest BCUT2D eigenvalue weighted by atomic mass is 28.3. The Hall–Kier alpha value is -3.32. The fourth-order valence-electron chi connectivity index (χ4n) is 6.09. The van der Waals surface area contributed by atoms with Crippen LogP contribution in [0.4, 0.5) is 4.79 Å². The lowest BCUT2D eigenvalue weighted by Gasteiger charge is -2.32. The lowest BCUT2D eigenvalue weighted by atomic mass is 9.78. The lowest BCUT2D eigenvalue weighted by molar-refractivity contribution is 0.00578. The molecule has 48 heavy (non-hydrogen) atoms. The molecule has 0 bridgehead atoms. The zero-order valence-electron chi connectivity index (χ0n) is 30.2. The van der Waals surface area contributed by atoms with Crippen LogP contribution in [0.1, 0.15) is 73.2 Å². The topological polar surface area (TPSA) is 101 Å².